The van der Waals surface area contributed by atoms with Crippen molar-refractivity contribution in [3.8, 4) is 6.07 Å². The second-order valence-electron chi connectivity index (χ2n) is 11.1. The number of amides is 1. The zero-order chi connectivity index (χ0) is 30.9. The number of anilines is 2. The lowest BCUT2D eigenvalue weighted by atomic mass is 9.68. The number of aryl methyl sites for hydroxylation is 1. The molecule has 1 aliphatic heterocycles. The zero-order valence-corrected chi connectivity index (χ0v) is 25.4. The Bertz CT molecular complexity index is 1720. The highest BCUT2D eigenvalue weighted by atomic mass is 32.2. The van der Waals surface area contributed by atoms with E-state index in [1.165, 1.54) is 29.5 Å². The highest BCUT2D eigenvalue weighted by Gasteiger charge is 2.45. The summed E-state index contributed by atoms with van der Waals surface area (Å²) in [6.45, 7) is 6.12. The fraction of sp³-hybridized carbons (Fsp3) is 0.300. The number of hydrogen-bond acceptors (Lipinski definition) is 11. The smallest absolute Gasteiger partial charge is 0.271 e. The number of nitro groups is 1. The van der Waals surface area contributed by atoms with Crippen molar-refractivity contribution in [1.82, 2.24) is 10.2 Å². The van der Waals surface area contributed by atoms with Gasteiger partial charge in [-0.15, -0.1) is 10.2 Å². The van der Waals surface area contributed by atoms with Crippen LogP contribution in [0.4, 0.5) is 16.5 Å². The molecule has 5 rings (SSSR count). The number of non-ortho nitro benzene ring substituents is 1. The Morgan fingerprint density at radius 3 is 2.67 bits per heavy atom. The molecule has 3 aromatic rings. The number of ketones is 1. The van der Waals surface area contributed by atoms with Crippen LogP contribution in [0.1, 0.15) is 50.7 Å². The zero-order valence-electron chi connectivity index (χ0n) is 23.8. The van der Waals surface area contributed by atoms with Crippen LogP contribution in [0, 0.1) is 26.9 Å². The van der Waals surface area contributed by atoms with Crippen molar-refractivity contribution in [1.29, 1.82) is 5.26 Å². The van der Waals surface area contributed by atoms with E-state index in [1.54, 1.807) is 11.0 Å². The van der Waals surface area contributed by atoms with Gasteiger partial charge in [-0.3, -0.25) is 24.6 Å². The van der Waals surface area contributed by atoms with E-state index in [0.717, 1.165) is 29.3 Å². The van der Waals surface area contributed by atoms with Gasteiger partial charge in [-0.1, -0.05) is 74.2 Å². The molecule has 2 aromatic carbocycles. The summed E-state index contributed by atoms with van der Waals surface area (Å²) in [5.74, 6) is -0.787. The van der Waals surface area contributed by atoms with E-state index in [-0.39, 0.29) is 39.9 Å². The standard InChI is InChI=1S/C30H29N7O4S2/c1-4-17-8-10-18(11-9-17)25-21(15-31)27(32)36(22-13-30(2,3)14-23(38)26(22)25)28-34-35-29(43-28)42-16-24(39)33-19-6-5-7-20(12-19)37(40)41/h5-12,25H,4,13-14,16,32H2,1-3H3,(H,33,39). The van der Waals surface area contributed by atoms with Gasteiger partial charge in [0.2, 0.25) is 11.0 Å². The number of hydrogen-bond donors (Lipinski definition) is 2. The predicted octanol–water partition coefficient (Wildman–Crippen LogP) is 5.68. The first-order valence-electron chi connectivity index (χ1n) is 13.6. The number of aromatic nitrogens is 2. The van der Waals surface area contributed by atoms with Crippen molar-refractivity contribution in [3.05, 3.63) is 92.4 Å². The maximum atomic E-state index is 13.7. The first kappa shape index (κ1) is 29.9. The predicted molar refractivity (Wildman–Crippen MR) is 165 cm³/mol. The number of thioether (sulfide) groups is 1. The first-order chi connectivity index (χ1) is 20.5. The molecule has 0 fully saturated rings. The van der Waals surface area contributed by atoms with Gasteiger partial charge >= 0.3 is 0 Å². The van der Waals surface area contributed by atoms with E-state index in [4.69, 9.17) is 5.73 Å². The third kappa shape index (κ3) is 6.16. The molecule has 11 nitrogen and oxygen atoms in total. The second-order valence-corrected chi connectivity index (χ2v) is 13.2. The molecule has 0 saturated heterocycles. The topological polar surface area (TPSA) is 168 Å². The van der Waals surface area contributed by atoms with Crippen LogP contribution >= 0.6 is 23.1 Å². The normalized spacial score (nSPS) is 17.9. The molecule has 1 atom stereocenters. The van der Waals surface area contributed by atoms with Crippen molar-refractivity contribution >= 4 is 51.3 Å². The van der Waals surface area contributed by atoms with Crippen molar-refractivity contribution in [2.45, 2.75) is 50.3 Å². The Kier molecular flexibility index (Phi) is 8.34. The molecule has 1 aromatic heterocycles. The van der Waals surface area contributed by atoms with Gasteiger partial charge < -0.3 is 11.1 Å². The van der Waals surface area contributed by atoms with E-state index < -0.39 is 10.8 Å². The second kappa shape index (κ2) is 12.0. The summed E-state index contributed by atoms with van der Waals surface area (Å²) in [6.07, 6.45) is 1.76. The van der Waals surface area contributed by atoms with Gasteiger partial charge in [0.05, 0.1) is 28.2 Å². The quantitative estimate of drug-likeness (QED) is 0.183. The van der Waals surface area contributed by atoms with Crippen LogP contribution in [0.25, 0.3) is 0 Å². The van der Waals surface area contributed by atoms with Crippen LogP contribution in [0.5, 0.6) is 0 Å². The maximum Gasteiger partial charge on any atom is 0.271 e. The van der Waals surface area contributed by atoms with Gasteiger partial charge in [0.15, 0.2) is 10.1 Å². The number of nitrogens with one attached hydrogen (secondary N) is 1. The molecule has 220 valence electrons. The van der Waals surface area contributed by atoms with Crippen LogP contribution in [-0.4, -0.2) is 32.6 Å². The number of benzene rings is 2. The molecular formula is C30H29N7O4S2. The minimum absolute atomic E-state index is 0.0125. The maximum absolute atomic E-state index is 13.7. The van der Waals surface area contributed by atoms with E-state index in [9.17, 15) is 25.0 Å². The van der Waals surface area contributed by atoms with Gasteiger partial charge in [0, 0.05) is 35.5 Å². The molecular weight excluding hydrogens is 587 g/mol. The summed E-state index contributed by atoms with van der Waals surface area (Å²) in [5.41, 5.74) is 10.1. The fourth-order valence-corrected chi connectivity index (χ4v) is 7.06. The van der Waals surface area contributed by atoms with E-state index in [0.29, 0.717) is 39.3 Å². The highest BCUT2D eigenvalue weighted by molar-refractivity contribution is 8.01. The largest absolute Gasteiger partial charge is 0.384 e. The number of nitro benzene ring substituents is 1. The van der Waals surface area contributed by atoms with Crippen LogP contribution in [0.2, 0.25) is 0 Å². The summed E-state index contributed by atoms with van der Waals surface area (Å²) in [4.78, 5) is 38.4. The van der Waals surface area contributed by atoms with Crippen LogP contribution in [0.3, 0.4) is 0 Å². The van der Waals surface area contributed by atoms with Crippen LogP contribution in [-0.2, 0) is 16.0 Å². The Morgan fingerprint density at radius 1 is 1.26 bits per heavy atom. The molecule has 3 N–H and O–H groups in total. The summed E-state index contributed by atoms with van der Waals surface area (Å²) in [7, 11) is 0. The van der Waals surface area contributed by atoms with Gasteiger partial charge in [-0.05, 0) is 35.4 Å². The molecule has 2 heterocycles. The molecule has 1 amide bonds. The summed E-state index contributed by atoms with van der Waals surface area (Å²) in [5, 5.41) is 32.9. The summed E-state index contributed by atoms with van der Waals surface area (Å²) in [6, 6.07) is 15.9. The minimum atomic E-state index is -0.579. The van der Waals surface area contributed by atoms with Crippen molar-refractivity contribution in [2.75, 3.05) is 16.0 Å². The van der Waals surface area contributed by atoms with Gasteiger partial charge in [0.1, 0.15) is 5.82 Å². The van der Waals surface area contributed by atoms with Crippen molar-refractivity contribution < 1.29 is 14.5 Å². The third-order valence-corrected chi connectivity index (χ3v) is 9.40. The minimum Gasteiger partial charge on any atom is -0.384 e. The van der Waals surface area contributed by atoms with Gasteiger partial charge in [0.25, 0.3) is 5.69 Å². The molecule has 0 radical (unpaired) electrons. The lowest BCUT2D eigenvalue weighted by Gasteiger charge is -2.42. The van der Waals surface area contributed by atoms with E-state index >= 15 is 0 Å². The number of allylic oxidation sites excluding steroid dienone is 3. The third-order valence-electron chi connectivity index (χ3n) is 7.36. The molecule has 43 heavy (non-hydrogen) atoms. The average molecular weight is 616 g/mol. The Balaban J connectivity index is 1.43. The summed E-state index contributed by atoms with van der Waals surface area (Å²) >= 11 is 2.35. The van der Waals surface area contributed by atoms with Gasteiger partial charge in [-0.2, -0.15) is 5.26 Å². The number of nitrogens with zero attached hydrogens (tertiary/aromatic N) is 5. The van der Waals surface area contributed by atoms with Crippen LogP contribution in [0.15, 0.2) is 75.5 Å². The lowest BCUT2D eigenvalue weighted by Crippen LogP contribution is -2.42. The Hall–Kier alpha value is -4.54. The summed E-state index contributed by atoms with van der Waals surface area (Å²) < 4.78 is 0.483. The van der Waals surface area contributed by atoms with Crippen molar-refractivity contribution in [2.24, 2.45) is 11.1 Å². The number of Topliss-reactive ketones (excluding diaryl/α,β-unsaturated/α-hetero) is 1. The van der Waals surface area contributed by atoms with Crippen molar-refractivity contribution in [3.63, 3.8) is 0 Å². The average Bonchev–Trinajstić information content (AvgIpc) is 3.43. The molecule has 0 saturated carbocycles. The van der Waals surface area contributed by atoms with E-state index in [2.05, 4.69) is 28.5 Å². The fourth-order valence-electron chi connectivity index (χ4n) is 5.38. The number of carbonyl (C=O) groups is 2. The molecule has 0 spiro atoms. The molecule has 1 unspecified atom stereocenters. The lowest BCUT2D eigenvalue weighted by molar-refractivity contribution is -0.384. The SMILES string of the molecule is CCc1ccc(C2C(C#N)=C(N)N(c3nnc(SCC(=O)Nc4cccc([N+](=O)[O-])c4)s3)C3=C2C(=O)CC(C)(C)C3)cc1. The monoisotopic (exact) mass is 615 g/mol. The molecule has 2 aliphatic rings. The molecule has 13 heteroatoms. The Morgan fingerprint density at radius 2 is 2.00 bits per heavy atom. The van der Waals surface area contributed by atoms with Gasteiger partial charge in [-0.25, -0.2) is 0 Å². The molecule has 0 bridgehead atoms. The number of rotatable bonds is 8. The number of nitrogens with two attached hydrogens (primary N) is 1. The molecule has 1 aliphatic carbocycles. The first-order valence-corrected chi connectivity index (χ1v) is 15.4. The highest BCUT2D eigenvalue weighted by Crippen LogP contribution is 2.50. The number of nitriles is 1. The van der Waals surface area contributed by atoms with E-state index in [1.807, 2.05) is 38.1 Å². The van der Waals surface area contributed by atoms with Crippen LogP contribution < -0.4 is 16.0 Å². The number of carbonyl (C=O) groups excluding carboxylic acids is 2. The Labute approximate surface area is 256 Å².